The Morgan fingerprint density at radius 2 is 1.74 bits per heavy atom. The largest absolute Gasteiger partial charge is 0.479 e. The lowest BCUT2D eigenvalue weighted by molar-refractivity contribution is -0.141. The first-order valence-electron chi connectivity index (χ1n) is 9.93. The van der Waals surface area contributed by atoms with Crippen molar-refractivity contribution in [1.82, 2.24) is 0 Å². The van der Waals surface area contributed by atoms with Crippen LogP contribution < -0.4 is 15.9 Å². The molecule has 1 heterocycles. The average Bonchev–Trinajstić information content (AvgIpc) is 3.14. The molecule has 1 aliphatic rings. The maximum atomic E-state index is 14.1. The molecule has 1 aliphatic heterocycles. The third-order valence-electron chi connectivity index (χ3n) is 5.26. The lowest BCUT2D eigenvalue weighted by atomic mass is 9.82. The lowest BCUT2D eigenvalue weighted by Gasteiger charge is -2.25. The summed E-state index contributed by atoms with van der Waals surface area (Å²) in [4.78, 5) is 40.8. The van der Waals surface area contributed by atoms with Crippen molar-refractivity contribution in [2.75, 3.05) is 5.32 Å². The molecule has 0 saturated heterocycles. The van der Waals surface area contributed by atoms with Gasteiger partial charge in [0.15, 0.2) is 0 Å². The van der Waals surface area contributed by atoms with Crippen LogP contribution in [0.25, 0.3) is 5.57 Å². The first-order chi connectivity index (χ1) is 16.2. The number of carbonyl (C=O) groups is 3. The van der Waals surface area contributed by atoms with E-state index < -0.39 is 29.2 Å². The van der Waals surface area contributed by atoms with Crippen LogP contribution in [0.5, 0.6) is 0 Å². The molecule has 170 valence electrons. The summed E-state index contributed by atoms with van der Waals surface area (Å²) in [5.74, 6) is -3.90. The van der Waals surface area contributed by atoms with Gasteiger partial charge < -0.3 is 15.5 Å². The molecule has 1 amide bonds. The van der Waals surface area contributed by atoms with Gasteiger partial charge in [0.2, 0.25) is 5.54 Å². The van der Waals surface area contributed by atoms with Crippen molar-refractivity contribution in [2.45, 2.75) is 5.54 Å². The van der Waals surface area contributed by atoms with Crippen LogP contribution in [-0.2, 0) is 15.1 Å². The highest BCUT2D eigenvalue weighted by Gasteiger charge is 2.46. The fourth-order valence-electron chi connectivity index (χ4n) is 3.79. The zero-order valence-electron chi connectivity index (χ0n) is 17.3. The second-order valence-electron chi connectivity index (χ2n) is 7.40. The molecule has 34 heavy (non-hydrogen) atoms. The fraction of sp³-hybridized carbons (Fsp3) is 0.0400. The number of nitrogens with zero attached hydrogens (tertiary/aromatic N) is 1. The summed E-state index contributed by atoms with van der Waals surface area (Å²) < 4.78 is 14.1. The van der Waals surface area contributed by atoms with Crippen LogP contribution >= 0.6 is 11.6 Å². The second-order valence-corrected chi connectivity index (χ2v) is 7.80. The Labute approximate surface area is 197 Å². The number of nitrogens with one attached hydrogen (secondary N) is 1. The zero-order valence-corrected chi connectivity index (χ0v) is 18.1. The number of carboxylic acid groups (broad SMARTS) is 2. The number of carboxylic acids is 2. The first kappa shape index (κ1) is 22.9. The molecule has 1 unspecified atom stereocenters. The van der Waals surface area contributed by atoms with Crippen LogP contribution in [0.15, 0.2) is 83.9 Å². The van der Waals surface area contributed by atoms with Crippen LogP contribution in [0.4, 0.5) is 10.1 Å². The van der Waals surface area contributed by atoms with Crippen molar-refractivity contribution in [3.63, 3.8) is 0 Å². The lowest BCUT2D eigenvalue weighted by Crippen LogP contribution is -2.34. The van der Waals surface area contributed by atoms with Crippen LogP contribution in [0.3, 0.4) is 0 Å². The van der Waals surface area contributed by atoms with Gasteiger partial charge in [0.1, 0.15) is 5.82 Å². The van der Waals surface area contributed by atoms with Gasteiger partial charge in [-0.25, -0.2) is 14.0 Å². The Morgan fingerprint density at radius 1 is 1.00 bits per heavy atom. The maximum Gasteiger partial charge on any atom is 0.341 e. The minimum Gasteiger partial charge on any atom is -0.479 e. The highest BCUT2D eigenvalue weighted by molar-refractivity contribution is 6.30. The van der Waals surface area contributed by atoms with Gasteiger partial charge in [0, 0.05) is 28.1 Å². The van der Waals surface area contributed by atoms with E-state index in [1.807, 2.05) is 0 Å². The van der Waals surface area contributed by atoms with Gasteiger partial charge in [-0.3, -0.25) is 9.79 Å². The summed E-state index contributed by atoms with van der Waals surface area (Å²) in [6.07, 6.45) is 1.81. The van der Waals surface area contributed by atoms with Crippen LogP contribution in [0.2, 0.25) is 5.02 Å². The van der Waals surface area contributed by atoms with Crippen LogP contribution in [-0.4, -0.2) is 28.1 Å². The topological polar surface area (TPSA) is 116 Å². The monoisotopic (exact) mass is 478 g/mol. The molecular formula is C25H16ClFN2O5. The SMILES string of the molecule is O=C(O)C=CC1=c2cc(F)cc(Cl)c2=NC1(C(=O)O)c1cccc(NC(=O)c2ccccc2)c1. The second kappa shape index (κ2) is 8.92. The molecule has 0 saturated carbocycles. The third-order valence-corrected chi connectivity index (χ3v) is 5.55. The molecule has 3 N–H and O–H groups in total. The summed E-state index contributed by atoms with van der Waals surface area (Å²) in [6.45, 7) is 0. The van der Waals surface area contributed by atoms with Crippen molar-refractivity contribution in [3.05, 3.63) is 111 Å². The molecule has 0 aliphatic carbocycles. The number of aliphatic carboxylic acids is 2. The summed E-state index contributed by atoms with van der Waals surface area (Å²) in [7, 11) is 0. The molecule has 4 rings (SSSR count). The van der Waals surface area contributed by atoms with Crippen LogP contribution in [0, 0.1) is 5.82 Å². The number of amides is 1. The normalized spacial score (nSPS) is 16.7. The Morgan fingerprint density at radius 3 is 2.41 bits per heavy atom. The molecule has 0 aromatic heterocycles. The van der Waals surface area contributed by atoms with E-state index in [2.05, 4.69) is 10.3 Å². The van der Waals surface area contributed by atoms with Gasteiger partial charge in [-0.2, -0.15) is 0 Å². The fourth-order valence-corrected chi connectivity index (χ4v) is 4.04. The molecule has 3 aromatic rings. The smallest absolute Gasteiger partial charge is 0.341 e. The third kappa shape index (κ3) is 4.06. The number of halogens is 2. The maximum absolute atomic E-state index is 14.1. The van der Waals surface area contributed by atoms with Crippen molar-refractivity contribution >= 4 is 40.7 Å². The standard InChI is InChI=1S/C25H16ClFN2O5/c26-20-13-16(27)12-18-19(9-10-21(30)31)25(24(33)34,29-22(18)20)15-7-4-8-17(11-15)28-23(32)14-5-2-1-3-6-14/h1-13H,(H,28,32)(H,30,31)(H,33,34). The Balaban J connectivity index is 1.90. The van der Waals surface area contributed by atoms with Gasteiger partial charge >= 0.3 is 11.9 Å². The van der Waals surface area contributed by atoms with Gasteiger partial charge in [-0.15, -0.1) is 0 Å². The molecule has 0 radical (unpaired) electrons. The van der Waals surface area contributed by atoms with Crippen molar-refractivity contribution < 1.29 is 29.0 Å². The van der Waals surface area contributed by atoms with E-state index in [0.29, 0.717) is 5.56 Å². The molecule has 0 fully saturated rings. The van der Waals surface area contributed by atoms with Gasteiger partial charge in [-0.1, -0.05) is 41.9 Å². The average molecular weight is 479 g/mol. The highest BCUT2D eigenvalue weighted by atomic mass is 35.5. The van der Waals surface area contributed by atoms with Gasteiger partial charge in [0.05, 0.1) is 10.4 Å². The molecule has 7 nitrogen and oxygen atoms in total. The summed E-state index contributed by atoms with van der Waals surface area (Å²) in [5, 5.41) is 22.1. The Bertz CT molecular complexity index is 1490. The summed E-state index contributed by atoms with van der Waals surface area (Å²) >= 11 is 6.15. The molecule has 9 heteroatoms. The number of carbonyl (C=O) groups excluding carboxylic acids is 1. The highest BCUT2D eigenvalue weighted by Crippen LogP contribution is 2.38. The van der Waals surface area contributed by atoms with E-state index >= 15 is 0 Å². The molecule has 0 spiro atoms. The Hall–Kier alpha value is -4.30. The summed E-state index contributed by atoms with van der Waals surface area (Å²) in [5.41, 5.74) is -1.40. The van der Waals surface area contributed by atoms with E-state index in [1.54, 1.807) is 36.4 Å². The first-order valence-corrected chi connectivity index (χ1v) is 10.3. The molecule has 3 aromatic carbocycles. The predicted octanol–water partition coefficient (Wildman–Crippen LogP) is 3.14. The predicted molar refractivity (Wildman–Crippen MR) is 123 cm³/mol. The van der Waals surface area contributed by atoms with E-state index in [-0.39, 0.29) is 32.4 Å². The van der Waals surface area contributed by atoms with E-state index in [0.717, 1.165) is 24.3 Å². The molecule has 0 bridgehead atoms. The van der Waals surface area contributed by atoms with Gasteiger partial charge in [0.25, 0.3) is 5.91 Å². The number of hydrogen-bond acceptors (Lipinski definition) is 4. The zero-order chi connectivity index (χ0) is 24.5. The number of hydrogen-bond donors (Lipinski definition) is 3. The number of rotatable bonds is 6. The quantitative estimate of drug-likeness (QED) is 0.471. The molecular weight excluding hydrogens is 463 g/mol. The molecule has 1 atom stereocenters. The van der Waals surface area contributed by atoms with Crippen LogP contribution in [0.1, 0.15) is 15.9 Å². The summed E-state index contributed by atoms with van der Waals surface area (Å²) in [6, 6.07) is 16.5. The van der Waals surface area contributed by atoms with Gasteiger partial charge in [-0.05, 0) is 48.0 Å². The number of anilines is 1. The van der Waals surface area contributed by atoms with Crippen molar-refractivity contribution in [3.8, 4) is 0 Å². The van der Waals surface area contributed by atoms with E-state index in [1.165, 1.54) is 18.2 Å². The number of fused-ring (bicyclic) bond motifs is 1. The van der Waals surface area contributed by atoms with Crippen molar-refractivity contribution in [2.24, 2.45) is 4.99 Å². The Kier molecular flexibility index (Phi) is 6.00. The number of benzene rings is 3. The minimum absolute atomic E-state index is 0.0224. The minimum atomic E-state index is -2.13. The van der Waals surface area contributed by atoms with E-state index in [9.17, 15) is 23.9 Å². The van der Waals surface area contributed by atoms with E-state index in [4.69, 9.17) is 16.7 Å². The van der Waals surface area contributed by atoms with Crippen molar-refractivity contribution in [1.29, 1.82) is 0 Å².